The number of aromatic nitrogens is 1. The summed E-state index contributed by atoms with van der Waals surface area (Å²) in [4.78, 5) is 16.3. The predicted octanol–water partition coefficient (Wildman–Crippen LogP) is 2.39. The van der Waals surface area contributed by atoms with Crippen LogP contribution in [0.4, 0.5) is 0 Å². The Bertz CT molecular complexity index is 486. The lowest BCUT2D eigenvalue weighted by Gasteiger charge is -2.12. The Morgan fingerprint density at radius 2 is 2.06 bits per heavy atom. The maximum absolute atomic E-state index is 11.8. The largest absolute Gasteiger partial charge is 0.294 e. The molecule has 1 aromatic rings. The first-order valence-electron chi connectivity index (χ1n) is 6.25. The first-order chi connectivity index (χ1) is 8.31. The molecule has 0 saturated carbocycles. The molecule has 0 aromatic carbocycles. The minimum absolute atomic E-state index is 0.0505. The van der Waals surface area contributed by atoms with Crippen LogP contribution in [-0.2, 0) is 11.2 Å². The maximum Gasteiger partial charge on any atom is 0.161 e. The smallest absolute Gasteiger partial charge is 0.161 e. The van der Waals surface area contributed by atoms with Gasteiger partial charge in [-0.3, -0.25) is 9.78 Å². The fraction of sp³-hybridized carbons (Fsp3) is 0.467. The molecule has 0 amide bonds. The van der Waals surface area contributed by atoms with Gasteiger partial charge in [0.15, 0.2) is 5.78 Å². The Balaban J connectivity index is 3.08. The number of aryl methyl sites for hydroxylation is 1. The second-order valence-corrected chi connectivity index (χ2v) is 5.24. The molecule has 3 heteroatoms. The van der Waals surface area contributed by atoms with Crippen LogP contribution in [0.2, 0.25) is 0 Å². The third-order valence-corrected chi connectivity index (χ3v) is 2.75. The minimum atomic E-state index is 0.0505. The number of rotatable bonds is 4. The van der Waals surface area contributed by atoms with E-state index in [1.165, 1.54) is 0 Å². The van der Waals surface area contributed by atoms with Gasteiger partial charge in [0.05, 0.1) is 6.42 Å². The molecule has 0 spiro atoms. The van der Waals surface area contributed by atoms with Gasteiger partial charge in [-0.25, -0.2) is 0 Å². The molecular weight excluding hydrogens is 221 g/mol. The lowest BCUT2D eigenvalue weighted by Crippen LogP contribution is -2.21. The van der Waals surface area contributed by atoms with E-state index in [1.54, 1.807) is 6.08 Å². The first-order valence-corrected chi connectivity index (χ1v) is 6.25. The highest BCUT2D eigenvalue weighted by Gasteiger charge is 2.11. The highest BCUT2D eigenvalue weighted by molar-refractivity contribution is 6.34. The predicted molar refractivity (Wildman–Crippen MR) is 76.6 cm³/mol. The molecule has 0 atom stereocenters. The summed E-state index contributed by atoms with van der Waals surface area (Å²) in [6, 6.07) is 1.99. The molecule has 0 fully saturated rings. The van der Waals surface area contributed by atoms with E-state index in [2.05, 4.69) is 18.8 Å². The number of ketones is 1. The molecule has 1 heterocycles. The van der Waals surface area contributed by atoms with Crippen LogP contribution in [0.3, 0.4) is 0 Å². The summed E-state index contributed by atoms with van der Waals surface area (Å²) in [7, 11) is 6.00. The van der Waals surface area contributed by atoms with E-state index in [9.17, 15) is 4.79 Å². The molecule has 0 unspecified atom stereocenters. The van der Waals surface area contributed by atoms with Gasteiger partial charge in [0.2, 0.25) is 0 Å². The van der Waals surface area contributed by atoms with Crippen LogP contribution in [0.25, 0.3) is 0 Å². The van der Waals surface area contributed by atoms with Crippen LogP contribution in [0, 0.1) is 6.92 Å². The number of pyridine rings is 1. The summed E-state index contributed by atoms with van der Waals surface area (Å²) in [6.45, 7) is 9.94. The van der Waals surface area contributed by atoms with Crippen molar-refractivity contribution in [3.63, 3.8) is 0 Å². The third-order valence-electron chi connectivity index (χ3n) is 2.75. The highest BCUT2D eigenvalue weighted by atomic mass is 16.1. The zero-order valence-electron chi connectivity index (χ0n) is 11.9. The van der Waals surface area contributed by atoms with Gasteiger partial charge >= 0.3 is 0 Å². The lowest BCUT2D eigenvalue weighted by atomic mass is 9.86. The molecule has 2 radical (unpaired) electrons. The quantitative estimate of drug-likeness (QED) is 0.598. The molecule has 0 aliphatic heterocycles. The van der Waals surface area contributed by atoms with Gasteiger partial charge in [-0.1, -0.05) is 30.4 Å². The lowest BCUT2D eigenvalue weighted by molar-refractivity contribution is -0.114. The van der Waals surface area contributed by atoms with Gasteiger partial charge in [-0.2, -0.15) is 0 Å². The molecule has 0 N–H and O–H groups in total. The van der Waals surface area contributed by atoms with Gasteiger partial charge in [0.1, 0.15) is 7.85 Å². The minimum Gasteiger partial charge on any atom is -0.294 e. The summed E-state index contributed by atoms with van der Waals surface area (Å²) in [5.41, 5.74) is 4.31. The summed E-state index contributed by atoms with van der Waals surface area (Å²) >= 11 is 0. The van der Waals surface area contributed by atoms with E-state index < -0.39 is 0 Å². The van der Waals surface area contributed by atoms with Crippen molar-refractivity contribution >= 4 is 19.1 Å². The number of hydrogen-bond acceptors (Lipinski definition) is 2. The average molecular weight is 241 g/mol. The Morgan fingerprint density at radius 1 is 1.44 bits per heavy atom. The topological polar surface area (TPSA) is 30.0 Å². The summed E-state index contributed by atoms with van der Waals surface area (Å²) in [5.74, 6) is 0.385. The molecule has 18 heavy (non-hydrogen) atoms. The average Bonchev–Trinajstić information content (AvgIpc) is 2.22. The summed E-state index contributed by atoms with van der Waals surface area (Å²) < 4.78 is 0. The Labute approximate surface area is 111 Å². The Morgan fingerprint density at radius 3 is 2.56 bits per heavy atom. The zero-order chi connectivity index (χ0) is 13.9. The maximum atomic E-state index is 11.8. The van der Waals surface area contributed by atoms with Gasteiger partial charge in [0.25, 0.3) is 0 Å². The van der Waals surface area contributed by atoms with Crippen molar-refractivity contribution in [3.05, 3.63) is 34.7 Å². The molecule has 1 rings (SSSR count). The van der Waals surface area contributed by atoms with E-state index >= 15 is 0 Å². The van der Waals surface area contributed by atoms with E-state index in [-0.39, 0.29) is 12.2 Å². The van der Waals surface area contributed by atoms with Crippen molar-refractivity contribution in [2.45, 2.75) is 47.0 Å². The van der Waals surface area contributed by atoms with Crippen LogP contribution in [-0.4, -0.2) is 18.6 Å². The standard InChI is InChI=1S/C15H20BNO/c1-9(2)6-12(18)8-14-15(16)11(5)7-13(17-14)10(3)4/h6-7,10H,8H2,1-5H3. The summed E-state index contributed by atoms with van der Waals surface area (Å²) in [5, 5.41) is 0. The van der Waals surface area contributed by atoms with Crippen molar-refractivity contribution in [2.75, 3.05) is 0 Å². The molecule has 1 aromatic heterocycles. The molecule has 0 bridgehead atoms. The molecule has 0 aliphatic carbocycles. The van der Waals surface area contributed by atoms with Crippen molar-refractivity contribution in [2.24, 2.45) is 0 Å². The monoisotopic (exact) mass is 241 g/mol. The zero-order valence-corrected chi connectivity index (χ0v) is 11.9. The fourth-order valence-corrected chi connectivity index (χ4v) is 1.74. The second-order valence-electron chi connectivity index (χ2n) is 5.24. The van der Waals surface area contributed by atoms with Crippen molar-refractivity contribution < 1.29 is 4.79 Å². The fourth-order valence-electron chi connectivity index (χ4n) is 1.74. The van der Waals surface area contributed by atoms with Gasteiger partial charge in [-0.05, 0) is 38.8 Å². The van der Waals surface area contributed by atoms with Crippen molar-refractivity contribution in [1.29, 1.82) is 0 Å². The van der Waals surface area contributed by atoms with E-state index in [0.29, 0.717) is 17.1 Å². The molecule has 0 saturated heterocycles. The van der Waals surface area contributed by atoms with Gasteiger partial charge < -0.3 is 0 Å². The number of allylic oxidation sites excluding steroid dienone is 2. The van der Waals surface area contributed by atoms with Crippen molar-refractivity contribution in [3.8, 4) is 0 Å². The van der Waals surface area contributed by atoms with Crippen LogP contribution in [0.1, 0.15) is 50.6 Å². The number of hydrogen-bond donors (Lipinski definition) is 0. The van der Waals surface area contributed by atoms with Crippen LogP contribution >= 0.6 is 0 Å². The van der Waals surface area contributed by atoms with Crippen molar-refractivity contribution in [1.82, 2.24) is 4.98 Å². The molecule has 94 valence electrons. The van der Waals surface area contributed by atoms with E-state index in [1.807, 2.05) is 26.8 Å². The number of carbonyl (C=O) groups is 1. The third kappa shape index (κ3) is 3.83. The van der Waals surface area contributed by atoms with Crippen LogP contribution in [0.15, 0.2) is 17.7 Å². The second kappa shape index (κ2) is 5.99. The Hall–Kier alpha value is -1.38. The van der Waals surface area contributed by atoms with Crippen LogP contribution < -0.4 is 5.46 Å². The van der Waals surface area contributed by atoms with Crippen LogP contribution in [0.5, 0.6) is 0 Å². The highest BCUT2D eigenvalue weighted by Crippen LogP contribution is 2.13. The van der Waals surface area contributed by atoms with Gasteiger partial charge in [-0.15, -0.1) is 0 Å². The Kier molecular flexibility index (Phi) is 4.89. The van der Waals surface area contributed by atoms with E-state index in [4.69, 9.17) is 7.85 Å². The van der Waals surface area contributed by atoms with Gasteiger partial charge in [0, 0.05) is 11.4 Å². The first kappa shape index (κ1) is 14.7. The number of nitrogens with zero attached hydrogens (tertiary/aromatic N) is 1. The molecular formula is C15H20BNO. The SMILES string of the molecule is [B]c1c(C)cc(C(C)C)nc1CC(=O)C=C(C)C. The number of carbonyl (C=O) groups excluding carboxylic acids is 1. The normalized spacial score (nSPS) is 10.6. The summed E-state index contributed by atoms with van der Waals surface area (Å²) in [6.07, 6.45) is 1.91. The molecule has 2 nitrogen and oxygen atoms in total. The van der Waals surface area contributed by atoms with E-state index in [0.717, 1.165) is 16.8 Å². The molecule has 0 aliphatic rings.